The van der Waals surface area contributed by atoms with Gasteiger partial charge >= 0.3 is 0 Å². The normalized spacial score (nSPS) is 36.0. The number of alkyl halides is 1. The van der Waals surface area contributed by atoms with Crippen LogP contribution in [0, 0.1) is 3.57 Å². The average Bonchev–Trinajstić information content (AvgIpc) is 3.13. The van der Waals surface area contributed by atoms with E-state index in [0.717, 1.165) is 9.13 Å². The fourth-order valence-electron chi connectivity index (χ4n) is 4.16. The summed E-state index contributed by atoms with van der Waals surface area (Å²) in [5, 5.41) is 12.6. The summed E-state index contributed by atoms with van der Waals surface area (Å²) >= 11 is 2.16. The first-order valence-corrected chi connectivity index (χ1v) is 9.53. The number of nitrogens with one attached hydrogen (secondary N) is 1. The molecule has 134 valence electrons. The van der Waals surface area contributed by atoms with Gasteiger partial charge in [0, 0.05) is 27.1 Å². The van der Waals surface area contributed by atoms with Crippen LogP contribution in [0.5, 0.6) is 0 Å². The summed E-state index contributed by atoms with van der Waals surface area (Å²) in [5.74, 6) is -0.471. The predicted molar refractivity (Wildman–Crippen MR) is 98.0 cm³/mol. The average molecular weight is 458 g/mol. The molecule has 3 aliphatic rings. The SMILES string of the molecule is C[C@]1(O)C[C@H](NC(=O)CN2C[C@@]3(C[C@@H]3F)c3cc(I)ccc3C2=O)C1. The number of aliphatic hydroxyl groups is 1. The van der Waals surface area contributed by atoms with Crippen molar-refractivity contribution in [1.29, 1.82) is 0 Å². The van der Waals surface area contributed by atoms with Crippen LogP contribution in [0.3, 0.4) is 0 Å². The predicted octanol–water partition coefficient (Wildman–Crippen LogP) is 1.76. The van der Waals surface area contributed by atoms with Crippen LogP contribution >= 0.6 is 22.6 Å². The molecule has 4 rings (SSSR count). The fraction of sp³-hybridized carbons (Fsp3) is 0.556. The molecule has 5 nitrogen and oxygen atoms in total. The Labute approximate surface area is 159 Å². The molecule has 7 heteroatoms. The molecule has 2 aliphatic carbocycles. The summed E-state index contributed by atoms with van der Waals surface area (Å²) < 4.78 is 15.2. The Kier molecular flexibility index (Phi) is 3.88. The number of hydrogen-bond donors (Lipinski definition) is 2. The summed E-state index contributed by atoms with van der Waals surface area (Å²) in [5.41, 5.74) is -0.0749. The number of carbonyl (C=O) groups is 2. The second-order valence-corrected chi connectivity index (χ2v) is 9.09. The van der Waals surface area contributed by atoms with E-state index < -0.39 is 17.2 Å². The molecular formula is C18H20FIN2O3. The van der Waals surface area contributed by atoms with E-state index in [-0.39, 0.29) is 30.9 Å². The third kappa shape index (κ3) is 2.95. The zero-order valence-corrected chi connectivity index (χ0v) is 16.0. The van der Waals surface area contributed by atoms with E-state index >= 15 is 0 Å². The Bertz CT molecular complexity index is 761. The largest absolute Gasteiger partial charge is 0.390 e. The fourth-order valence-corrected chi connectivity index (χ4v) is 4.66. The van der Waals surface area contributed by atoms with Gasteiger partial charge in [0.2, 0.25) is 5.91 Å². The Hall–Kier alpha value is -1.22. The number of halogens is 2. The van der Waals surface area contributed by atoms with E-state index in [2.05, 4.69) is 27.9 Å². The minimum Gasteiger partial charge on any atom is -0.390 e. The number of nitrogens with zero attached hydrogens (tertiary/aromatic N) is 1. The van der Waals surface area contributed by atoms with Gasteiger partial charge in [-0.15, -0.1) is 0 Å². The zero-order valence-electron chi connectivity index (χ0n) is 13.9. The Morgan fingerprint density at radius 2 is 2.12 bits per heavy atom. The van der Waals surface area contributed by atoms with Crippen LogP contribution in [0.4, 0.5) is 4.39 Å². The highest BCUT2D eigenvalue weighted by molar-refractivity contribution is 14.1. The molecule has 1 aromatic carbocycles. The molecule has 2 fully saturated rings. The lowest BCUT2D eigenvalue weighted by Gasteiger charge is -2.41. The van der Waals surface area contributed by atoms with Gasteiger partial charge < -0.3 is 15.3 Å². The second-order valence-electron chi connectivity index (χ2n) is 7.85. The lowest BCUT2D eigenvalue weighted by Crippen LogP contribution is -2.56. The highest BCUT2D eigenvalue weighted by Crippen LogP contribution is 2.54. The molecule has 1 heterocycles. The van der Waals surface area contributed by atoms with Crippen molar-refractivity contribution >= 4 is 34.4 Å². The van der Waals surface area contributed by atoms with Gasteiger partial charge in [-0.05, 0) is 72.5 Å². The molecule has 2 saturated carbocycles. The smallest absolute Gasteiger partial charge is 0.254 e. The third-order valence-electron chi connectivity index (χ3n) is 5.56. The zero-order chi connectivity index (χ0) is 18.0. The number of hydrogen-bond acceptors (Lipinski definition) is 3. The molecule has 0 saturated heterocycles. The molecule has 2 atom stereocenters. The second kappa shape index (κ2) is 5.64. The van der Waals surface area contributed by atoms with Crippen molar-refractivity contribution in [2.24, 2.45) is 0 Å². The summed E-state index contributed by atoms with van der Waals surface area (Å²) in [6.45, 7) is 1.91. The van der Waals surface area contributed by atoms with Crippen molar-refractivity contribution < 1.29 is 19.1 Å². The molecule has 1 aromatic rings. The van der Waals surface area contributed by atoms with E-state index in [1.807, 2.05) is 12.1 Å². The van der Waals surface area contributed by atoms with Gasteiger partial charge in [0.1, 0.15) is 6.17 Å². The molecule has 0 aromatic heterocycles. The monoisotopic (exact) mass is 458 g/mol. The summed E-state index contributed by atoms with van der Waals surface area (Å²) in [7, 11) is 0. The quantitative estimate of drug-likeness (QED) is 0.679. The number of benzene rings is 1. The van der Waals surface area contributed by atoms with Crippen LogP contribution in [0.2, 0.25) is 0 Å². The first kappa shape index (κ1) is 17.2. The van der Waals surface area contributed by atoms with E-state index in [1.165, 1.54) is 4.90 Å². The summed E-state index contributed by atoms with van der Waals surface area (Å²) in [4.78, 5) is 26.5. The van der Waals surface area contributed by atoms with Gasteiger partial charge in [0.15, 0.2) is 0 Å². The highest BCUT2D eigenvalue weighted by atomic mass is 127. The van der Waals surface area contributed by atoms with Gasteiger partial charge in [0.05, 0.1) is 12.1 Å². The van der Waals surface area contributed by atoms with Gasteiger partial charge in [-0.3, -0.25) is 9.59 Å². The maximum Gasteiger partial charge on any atom is 0.254 e. The van der Waals surface area contributed by atoms with Crippen LogP contribution in [-0.2, 0) is 10.2 Å². The Balaban J connectivity index is 1.49. The summed E-state index contributed by atoms with van der Waals surface area (Å²) in [6.07, 6.45) is 0.469. The van der Waals surface area contributed by atoms with E-state index in [4.69, 9.17) is 0 Å². The number of amides is 2. The molecule has 0 radical (unpaired) electrons. The van der Waals surface area contributed by atoms with Gasteiger partial charge in [-0.2, -0.15) is 0 Å². The third-order valence-corrected chi connectivity index (χ3v) is 6.23. The van der Waals surface area contributed by atoms with Crippen molar-refractivity contribution in [3.63, 3.8) is 0 Å². The molecule has 2 N–H and O–H groups in total. The maximum absolute atomic E-state index is 14.2. The van der Waals surface area contributed by atoms with Crippen molar-refractivity contribution in [2.75, 3.05) is 13.1 Å². The first-order chi connectivity index (χ1) is 11.7. The topological polar surface area (TPSA) is 69.6 Å². The Morgan fingerprint density at radius 1 is 1.44 bits per heavy atom. The number of carbonyl (C=O) groups excluding carboxylic acids is 2. The number of fused-ring (bicyclic) bond motifs is 2. The summed E-state index contributed by atoms with van der Waals surface area (Å²) in [6, 6.07) is 5.40. The van der Waals surface area contributed by atoms with E-state index in [0.29, 0.717) is 24.8 Å². The lowest BCUT2D eigenvalue weighted by atomic mass is 9.77. The minimum atomic E-state index is -0.968. The van der Waals surface area contributed by atoms with Crippen molar-refractivity contribution in [1.82, 2.24) is 10.2 Å². The van der Waals surface area contributed by atoms with Crippen molar-refractivity contribution in [3.8, 4) is 0 Å². The van der Waals surface area contributed by atoms with Crippen molar-refractivity contribution in [3.05, 3.63) is 32.9 Å². The number of rotatable bonds is 3. The van der Waals surface area contributed by atoms with Crippen molar-refractivity contribution in [2.45, 2.75) is 49.4 Å². The molecule has 1 aliphatic heterocycles. The molecule has 0 unspecified atom stereocenters. The van der Waals surface area contributed by atoms with Gasteiger partial charge in [-0.25, -0.2) is 4.39 Å². The van der Waals surface area contributed by atoms with E-state index in [1.54, 1.807) is 13.0 Å². The van der Waals surface area contributed by atoms with E-state index in [9.17, 15) is 19.1 Å². The van der Waals surface area contributed by atoms with Crippen LogP contribution in [0.25, 0.3) is 0 Å². The maximum atomic E-state index is 14.2. The molecule has 2 amide bonds. The molecule has 25 heavy (non-hydrogen) atoms. The highest BCUT2D eigenvalue weighted by Gasteiger charge is 2.61. The lowest BCUT2D eigenvalue weighted by molar-refractivity contribution is -0.125. The molecular weight excluding hydrogens is 438 g/mol. The molecule has 0 bridgehead atoms. The standard InChI is InChI=1S/C18H20FIN2O3/c1-17(25)5-11(6-17)21-15(23)8-22-9-18(7-14(18)19)13-4-10(20)2-3-12(13)16(22)24/h2-4,11,14,25H,5-9H2,1H3,(H,21,23)/t11-,14-,17-,18-/m0/s1. The van der Waals surface area contributed by atoms with Crippen LogP contribution < -0.4 is 5.32 Å². The minimum absolute atomic E-state index is 0.0555. The van der Waals surface area contributed by atoms with Crippen LogP contribution in [0.15, 0.2) is 18.2 Å². The first-order valence-electron chi connectivity index (χ1n) is 8.45. The van der Waals surface area contributed by atoms with Gasteiger partial charge in [0.25, 0.3) is 5.91 Å². The van der Waals surface area contributed by atoms with Crippen LogP contribution in [0.1, 0.15) is 42.1 Å². The Morgan fingerprint density at radius 3 is 2.72 bits per heavy atom. The van der Waals surface area contributed by atoms with Crippen LogP contribution in [-0.4, -0.2) is 52.7 Å². The molecule has 1 spiro atoms. The van der Waals surface area contributed by atoms with Gasteiger partial charge in [-0.1, -0.05) is 0 Å².